The molecule has 2 aromatic carbocycles. The summed E-state index contributed by atoms with van der Waals surface area (Å²) in [5.74, 6) is 1.11. The Kier molecular flexibility index (Phi) is 7.11. The number of aromatic hydroxyl groups is 1. The summed E-state index contributed by atoms with van der Waals surface area (Å²) in [6.07, 6.45) is 8.66. The summed E-state index contributed by atoms with van der Waals surface area (Å²) in [7, 11) is 3.36. The number of halogens is 3. The number of likely N-dealkylation sites (tertiary alicyclic amines) is 1. The molecule has 5 unspecified atom stereocenters. The highest BCUT2D eigenvalue weighted by Gasteiger charge is 2.51. The highest BCUT2D eigenvalue weighted by atomic mass is 19.1. The Labute approximate surface area is 269 Å². The van der Waals surface area contributed by atoms with Gasteiger partial charge in [0.2, 0.25) is 5.88 Å². The first-order chi connectivity index (χ1) is 22.7. The van der Waals surface area contributed by atoms with Crippen molar-refractivity contribution in [2.75, 3.05) is 45.4 Å². The minimum absolute atomic E-state index is 0.0364. The fourth-order valence-electron chi connectivity index (χ4n) is 8.28. The molecule has 2 aliphatic carbocycles. The van der Waals surface area contributed by atoms with Crippen molar-refractivity contribution in [1.29, 1.82) is 0 Å². The highest BCUT2D eigenvalue weighted by Crippen LogP contribution is 2.49. The minimum atomic E-state index is -0.976. The third-order valence-corrected chi connectivity index (χ3v) is 10.4. The van der Waals surface area contributed by atoms with Gasteiger partial charge in [-0.3, -0.25) is 4.90 Å². The molecule has 12 heteroatoms. The van der Waals surface area contributed by atoms with E-state index in [0.29, 0.717) is 37.3 Å². The maximum atomic E-state index is 17.0. The minimum Gasteiger partial charge on any atom is -0.508 e. The zero-order valence-corrected chi connectivity index (χ0v) is 26.1. The number of morpholine rings is 1. The summed E-state index contributed by atoms with van der Waals surface area (Å²) in [5, 5.41) is 11.5. The molecule has 2 aliphatic heterocycles. The number of pyridine rings is 1. The van der Waals surface area contributed by atoms with Crippen LogP contribution in [0.1, 0.15) is 37.7 Å². The second-order valence-electron chi connectivity index (χ2n) is 13.2. The zero-order valence-electron chi connectivity index (χ0n) is 26.1. The lowest BCUT2D eigenvalue weighted by Gasteiger charge is -2.45. The Balaban J connectivity index is 1.32. The number of methoxy groups -OCH3 is 1. The lowest BCUT2D eigenvalue weighted by Crippen LogP contribution is -2.54. The molecular formula is C35H34F3N5O4. The maximum absolute atomic E-state index is 17.0. The van der Waals surface area contributed by atoms with E-state index in [0.717, 1.165) is 25.7 Å². The van der Waals surface area contributed by atoms with Crippen molar-refractivity contribution in [3.05, 3.63) is 41.5 Å². The van der Waals surface area contributed by atoms with Crippen LogP contribution in [-0.4, -0.2) is 89.8 Å². The fourth-order valence-corrected chi connectivity index (χ4v) is 8.28. The van der Waals surface area contributed by atoms with Gasteiger partial charge in [-0.05, 0) is 56.3 Å². The summed E-state index contributed by atoms with van der Waals surface area (Å²) < 4.78 is 64.7. The number of aromatic nitrogens is 3. The number of benzene rings is 2. The Morgan fingerprint density at radius 3 is 2.85 bits per heavy atom. The van der Waals surface area contributed by atoms with Gasteiger partial charge in [-0.25, -0.2) is 18.2 Å². The van der Waals surface area contributed by atoms with Crippen LogP contribution in [-0.2, 0) is 4.74 Å². The lowest BCUT2D eigenvalue weighted by atomic mass is 9.75. The molecule has 5 atom stereocenters. The number of alkyl halides is 1. The number of phenolic OH excluding ortho intramolecular Hbond substituents is 1. The molecule has 1 N–H and O–H groups in total. The number of hydrogen-bond donors (Lipinski definition) is 1. The van der Waals surface area contributed by atoms with E-state index in [1.54, 1.807) is 0 Å². The van der Waals surface area contributed by atoms with Crippen LogP contribution >= 0.6 is 0 Å². The molecule has 0 bridgehead atoms. The predicted octanol–water partition coefficient (Wildman–Crippen LogP) is 5.39. The van der Waals surface area contributed by atoms with Gasteiger partial charge in [0, 0.05) is 35.5 Å². The van der Waals surface area contributed by atoms with Crippen molar-refractivity contribution in [3.8, 4) is 41.2 Å². The molecule has 244 valence electrons. The number of rotatable bonds is 6. The van der Waals surface area contributed by atoms with Crippen molar-refractivity contribution >= 4 is 27.5 Å². The van der Waals surface area contributed by atoms with E-state index in [4.69, 9.17) is 25.6 Å². The number of piperidine rings is 1. The van der Waals surface area contributed by atoms with Crippen LogP contribution in [0.4, 0.5) is 19.0 Å². The lowest BCUT2D eigenvalue weighted by molar-refractivity contribution is -0.0244. The molecule has 0 spiro atoms. The third-order valence-electron chi connectivity index (χ3n) is 10.4. The summed E-state index contributed by atoms with van der Waals surface area (Å²) >= 11 is 0. The molecule has 2 saturated carbocycles. The van der Waals surface area contributed by atoms with E-state index in [1.165, 1.54) is 31.4 Å². The largest absolute Gasteiger partial charge is 0.508 e. The van der Waals surface area contributed by atoms with E-state index in [1.807, 2.05) is 11.9 Å². The number of terminal acetylenes is 1. The van der Waals surface area contributed by atoms with Crippen molar-refractivity contribution in [3.63, 3.8) is 0 Å². The van der Waals surface area contributed by atoms with Crippen LogP contribution < -0.4 is 14.4 Å². The van der Waals surface area contributed by atoms with Gasteiger partial charge in [0.1, 0.15) is 40.2 Å². The van der Waals surface area contributed by atoms with E-state index < -0.39 is 23.2 Å². The second kappa shape index (κ2) is 11.1. The number of phenols is 1. The second-order valence-corrected chi connectivity index (χ2v) is 13.2. The molecule has 0 amide bonds. The van der Waals surface area contributed by atoms with Gasteiger partial charge in [0.15, 0.2) is 5.82 Å². The molecule has 8 rings (SSSR count). The quantitative estimate of drug-likeness (QED) is 0.277. The molecule has 4 fully saturated rings. The third kappa shape index (κ3) is 4.81. The fraction of sp³-hybridized carbons (Fsp3) is 0.457. The van der Waals surface area contributed by atoms with Gasteiger partial charge in [0.05, 0.1) is 38.0 Å². The van der Waals surface area contributed by atoms with Crippen LogP contribution in [0.5, 0.6) is 17.6 Å². The Morgan fingerprint density at radius 2 is 2.04 bits per heavy atom. The molecule has 2 aromatic heterocycles. The number of nitrogens with zero attached hydrogens (tertiary/aromatic N) is 5. The summed E-state index contributed by atoms with van der Waals surface area (Å²) in [5.41, 5.74) is -0.778. The predicted molar refractivity (Wildman–Crippen MR) is 170 cm³/mol. The van der Waals surface area contributed by atoms with Crippen LogP contribution in [0.2, 0.25) is 0 Å². The van der Waals surface area contributed by atoms with Crippen LogP contribution in [0, 0.1) is 29.4 Å². The molecule has 2 saturated heterocycles. The molecule has 4 heterocycles. The summed E-state index contributed by atoms with van der Waals surface area (Å²) in [6.45, 7) is 1.53. The summed E-state index contributed by atoms with van der Waals surface area (Å²) in [6, 6.07) is 5.53. The Hall–Kier alpha value is -4.34. The molecule has 4 aliphatic rings. The first-order valence-corrected chi connectivity index (χ1v) is 15.9. The van der Waals surface area contributed by atoms with Gasteiger partial charge in [0.25, 0.3) is 0 Å². The standard InChI is InChI=1S/C35H34F3N5O4/c1-4-21-23(37)8-7-18-12-20(44)13-22(27(18)21)30-29(38)31-28(33(39-30)45-3)32(43-10-11-46-25-14-24(25)43)41-34(40-31)47-17-35-9-5-6-26(35)42(2)16-19(36)15-35/h1,7-8,12-13,19,24-26,44H,5-6,9-11,14-17H2,2-3H3. The van der Waals surface area contributed by atoms with Crippen LogP contribution in [0.25, 0.3) is 32.9 Å². The first-order valence-electron chi connectivity index (χ1n) is 15.9. The Bertz CT molecular complexity index is 1970. The van der Waals surface area contributed by atoms with Crippen molar-refractivity contribution in [2.24, 2.45) is 5.41 Å². The first kappa shape index (κ1) is 30.0. The molecule has 9 nitrogen and oxygen atoms in total. The Morgan fingerprint density at radius 1 is 1.19 bits per heavy atom. The highest BCUT2D eigenvalue weighted by molar-refractivity contribution is 6.04. The van der Waals surface area contributed by atoms with Gasteiger partial charge in [-0.15, -0.1) is 6.42 Å². The number of fused-ring (bicyclic) bond motifs is 4. The maximum Gasteiger partial charge on any atom is 0.319 e. The zero-order chi connectivity index (χ0) is 32.6. The van der Waals surface area contributed by atoms with E-state index in [-0.39, 0.29) is 75.5 Å². The SMILES string of the molecule is C#Cc1c(F)ccc2cc(O)cc(-c3nc(OC)c4c(N5CCOC6CC65)nc(OCC56CCCC5N(C)CC(F)C6)nc4c3F)c12. The summed E-state index contributed by atoms with van der Waals surface area (Å²) in [4.78, 5) is 18.1. The van der Waals surface area contributed by atoms with Gasteiger partial charge >= 0.3 is 6.01 Å². The van der Waals surface area contributed by atoms with Crippen molar-refractivity contribution < 1.29 is 32.5 Å². The van der Waals surface area contributed by atoms with Crippen LogP contribution in [0.15, 0.2) is 24.3 Å². The molecular weight excluding hydrogens is 611 g/mol. The average Bonchev–Trinajstić information content (AvgIpc) is 3.74. The molecule has 4 aromatic rings. The normalized spacial score (nSPS) is 27.0. The molecule has 47 heavy (non-hydrogen) atoms. The van der Waals surface area contributed by atoms with E-state index in [2.05, 4.69) is 20.8 Å². The van der Waals surface area contributed by atoms with Gasteiger partial charge in [-0.2, -0.15) is 9.97 Å². The molecule has 0 radical (unpaired) electrons. The topological polar surface area (TPSA) is 93.1 Å². The smallest absolute Gasteiger partial charge is 0.319 e. The van der Waals surface area contributed by atoms with Crippen molar-refractivity contribution in [1.82, 2.24) is 19.9 Å². The van der Waals surface area contributed by atoms with Crippen LogP contribution in [0.3, 0.4) is 0 Å². The average molecular weight is 646 g/mol. The van der Waals surface area contributed by atoms with E-state index in [9.17, 15) is 13.9 Å². The number of anilines is 1. The van der Waals surface area contributed by atoms with Gasteiger partial charge < -0.3 is 24.2 Å². The number of ether oxygens (including phenoxy) is 3. The monoisotopic (exact) mass is 645 g/mol. The number of hydrogen-bond acceptors (Lipinski definition) is 9. The van der Waals surface area contributed by atoms with Gasteiger partial charge in [-0.1, -0.05) is 18.4 Å². The van der Waals surface area contributed by atoms with E-state index >= 15 is 4.39 Å². The van der Waals surface area contributed by atoms with Crippen molar-refractivity contribution in [2.45, 2.75) is 56.5 Å².